The van der Waals surface area contributed by atoms with E-state index in [1.54, 1.807) is 0 Å². The minimum atomic E-state index is 0.570. The summed E-state index contributed by atoms with van der Waals surface area (Å²) < 4.78 is 0. The summed E-state index contributed by atoms with van der Waals surface area (Å²) in [6, 6.07) is 15.5. The van der Waals surface area contributed by atoms with E-state index in [2.05, 4.69) is 10.3 Å². The molecule has 0 spiro atoms. The SMILES string of the molecule is CSC(=Nc1cccc(-c2ccc(Cl)cc2)c1)NC#N. The Hall–Kier alpha value is -1.96. The Kier molecular flexibility index (Phi) is 5.05. The van der Waals surface area contributed by atoms with Crippen LogP contribution in [0.4, 0.5) is 5.69 Å². The first-order chi connectivity index (χ1) is 9.72. The molecule has 2 aromatic rings. The number of hydrogen-bond donors (Lipinski definition) is 1. The molecule has 0 saturated heterocycles. The Morgan fingerprint density at radius 2 is 1.95 bits per heavy atom. The summed E-state index contributed by atoms with van der Waals surface area (Å²) in [4.78, 5) is 4.39. The van der Waals surface area contributed by atoms with Crippen LogP contribution in [0.2, 0.25) is 5.02 Å². The average molecular weight is 302 g/mol. The van der Waals surface area contributed by atoms with E-state index in [9.17, 15) is 0 Å². The minimum Gasteiger partial charge on any atom is -0.271 e. The highest BCUT2D eigenvalue weighted by Crippen LogP contribution is 2.25. The van der Waals surface area contributed by atoms with Crippen LogP contribution in [-0.2, 0) is 0 Å². The van der Waals surface area contributed by atoms with Gasteiger partial charge in [0.2, 0.25) is 0 Å². The molecule has 0 fully saturated rings. The van der Waals surface area contributed by atoms with Crippen molar-refractivity contribution in [3.05, 3.63) is 53.6 Å². The molecular weight excluding hydrogens is 290 g/mol. The first kappa shape index (κ1) is 14.4. The smallest absolute Gasteiger partial charge is 0.183 e. The molecule has 5 heteroatoms. The van der Waals surface area contributed by atoms with Crippen molar-refractivity contribution in [2.45, 2.75) is 0 Å². The molecule has 0 aliphatic carbocycles. The van der Waals surface area contributed by atoms with Gasteiger partial charge in [0.05, 0.1) is 5.69 Å². The molecule has 100 valence electrons. The lowest BCUT2D eigenvalue weighted by Crippen LogP contribution is -2.12. The van der Waals surface area contributed by atoms with Crippen molar-refractivity contribution < 1.29 is 0 Å². The van der Waals surface area contributed by atoms with Crippen molar-refractivity contribution in [1.82, 2.24) is 5.32 Å². The zero-order valence-corrected chi connectivity index (χ0v) is 12.4. The van der Waals surface area contributed by atoms with E-state index in [4.69, 9.17) is 16.9 Å². The Morgan fingerprint density at radius 3 is 2.60 bits per heavy atom. The lowest BCUT2D eigenvalue weighted by molar-refractivity contribution is 1.28. The number of amidine groups is 1. The predicted molar refractivity (Wildman–Crippen MR) is 86.2 cm³/mol. The Labute approximate surface area is 127 Å². The van der Waals surface area contributed by atoms with E-state index in [-0.39, 0.29) is 0 Å². The number of thioether (sulfide) groups is 1. The van der Waals surface area contributed by atoms with Crippen molar-refractivity contribution in [2.75, 3.05) is 6.26 Å². The van der Waals surface area contributed by atoms with Crippen LogP contribution in [0.25, 0.3) is 11.1 Å². The molecule has 0 saturated carbocycles. The monoisotopic (exact) mass is 301 g/mol. The number of nitrogens with one attached hydrogen (secondary N) is 1. The summed E-state index contributed by atoms with van der Waals surface area (Å²) in [5.74, 6) is 0. The van der Waals surface area contributed by atoms with Crippen LogP contribution in [0.5, 0.6) is 0 Å². The third kappa shape index (κ3) is 3.77. The fourth-order valence-corrected chi connectivity index (χ4v) is 2.16. The zero-order valence-electron chi connectivity index (χ0n) is 10.8. The highest BCUT2D eigenvalue weighted by Gasteiger charge is 2.01. The molecule has 20 heavy (non-hydrogen) atoms. The number of aliphatic imine (C=N–C) groups is 1. The van der Waals surface area contributed by atoms with Gasteiger partial charge in [-0.2, -0.15) is 5.26 Å². The lowest BCUT2D eigenvalue weighted by atomic mass is 10.1. The fourth-order valence-electron chi connectivity index (χ4n) is 1.69. The lowest BCUT2D eigenvalue weighted by Gasteiger charge is -2.04. The van der Waals surface area contributed by atoms with Crippen LogP contribution in [0, 0.1) is 11.5 Å². The Bertz CT molecular complexity index is 660. The van der Waals surface area contributed by atoms with Gasteiger partial charge in [-0.3, -0.25) is 5.32 Å². The molecule has 1 N–H and O–H groups in total. The number of hydrogen-bond acceptors (Lipinski definition) is 3. The van der Waals surface area contributed by atoms with Gasteiger partial charge in [0.1, 0.15) is 0 Å². The van der Waals surface area contributed by atoms with Crippen molar-refractivity contribution in [1.29, 1.82) is 5.26 Å². The normalized spacial score (nSPS) is 10.9. The summed E-state index contributed by atoms with van der Waals surface area (Å²) >= 11 is 7.28. The second-order valence-electron chi connectivity index (χ2n) is 3.92. The van der Waals surface area contributed by atoms with Crippen LogP contribution >= 0.6 is 23.4 Å². The molecule has 0 bridgehead atoms. The van der Waals surface area contributed by atoms with Gasteiger partial charge >= 0.3 is 0 Å². The molecule has 3 nitrogen and oxygen atoms in total. The second-order valence-corrected chi connectivity index (χ2v) is 5.15. The molecule has 0 heterocycles. The van der Waals surface area contributed by atoms with Gasteiger partial charge in [-0.1, -0.05) is 47.6 Å². The summed E-state index contributed by atoms with van der Waals surface area (Å²) in [7, 11) is 0. The highest BCUT2D eigenvalue weighted by molar-refractivity contribution is 8.13. The van der Waals surface area contributed by atoms with E-state index in [0.29, 0.717) is 10.2 Å². The number of nitriles is 1. The maximum atomic E-state index is 8.64. The van der Waals surface area contributed by atoms with Crippen molar-refractivity contribution in [2.24, 2.45) is 4.99 Å². The maximum absolute atomic E-state index is 8.64. The first-order valence-corrected chi connectivity index (χ1v) is 7.47. The summed E-state index contributed by atoms with van der Waals surface area (Å²) in [5, 5.41) is 12.5. The van der Waals surface area contributed by atoms with Crippen molar-refractivity contribution >= 4 is 34.2 Å². The van der Waals surface area contributed by atoms with E-state index in [1.165, 1.54) is 11.8 Å². The molecule has 0 amide bonds. The molecule has 0 atom stereocenters. The average Bonchev–Trinajstić information content (AvgIpc) is 2.48. The summed E-state index contributed by atoms with van der Waals surface area (Å²) in [6.07, 6.45) is 3.74. The number of nitrogens with zero attached hydrogens (tertiary/aromatic N) is 2. The molecular formula is C15H12ClN3S. The predicted octanol–water partition coefficient (Wildman–Crippen LogP) is 4.43. The molecule has 0 aliphatic rings. The van der Waals surface area contributed by atoms with E-state index in [0.717, 1.165) is 16.8 Å². The van der Waals surface area contributed by atoms with Gasteiger partial charge < -0.3 is 0 Å². The Morgan fingerprint density at radius 1 is 1.20 bits per heavy atom. The van der Waals surface area contributed by atoms with E-state index < -0.39 is 0 Å². The van der Waals surface area contributed by atoms with Crippen LogP contribution in [-0.4, -0.2) is 11.4 Å². The van der Waals surface area contributed by atoms with Crippen molar-refractivity contribution in [3.8, 4) is 17.3 Å². The number of benzene rings is 2. The third-order valence-electron chi connectivity index (χ3n) is 2.61. The summed E-state index contributed by atoms with van der Waals surface area (Å²) in [5.41, 5.74) is 2.93. The molecule has 2 rings (SSSR count). The van der Waals surface area contributed by atoms with Gasteiger partial charge in [-0.25, -0.2) is 4.99 Å². The zero-order chi connectivity index (χ0) is 14.4. The van der Waals surface area contributed by atoms with Gasteiger partial charge in [-0.05, 0) is 41.6 Å². The van der Waals surface area contributed by atoms with E-state index in [1.807, 2.05) is 61.0 Å². The molecule has 2 aromatic carbocycles. The fraction of sp³-hybridized carbons (Fsp3) is 0.0667. The van der Waals surface area contributed by atoms with Gasteiger partial charge in [-0.15, -0.1) is 0 Å². The molecule has 0 aliphatic heterocycles. The second kappa shape index (κ2) is 6.99. The van der Waals surface area contributed by atoms with Crippen LogP contribution in [0.1, 0.15) is 0 Å². The topological polar surface area (TPSA) is 48.2 Å². The molecule has 0 radical (unpaired) electrons. The van der Waals surface area contributed by atoms with E-state index >= 15 is 0 Å². The molecule has 0 aromatic heterocycles. The first-order valence-electron chi connectivity index (χ1n) is 5.86. The quantitative estimate of drug-likeness (QED) is 0.386. The van der Waals surface area contributed by atoms with Crippen LogP contribution < -0.4 is 5.32 Å². The number of rotatable bonds is 2. The Balaban J connectivity index is 2.33. The largest absolute Gasteiger partial charge is 0.271 e. The van der Waals surface area contributed by atoms with Gasteiger partial charge in [0.15, 0.2) is 11.4 Å². The van der Waals surface area contributed by atoms with Crippen LogP contribution in [0.15, 0.2) is 53.5 Å². The maximum Gasteiger partial charge on any atom is 0.183 e. The van der Waals surface area contributed by atoms with Gasteiger partial charge in [0, 0.05) is 5.02 Å². The standard InChI is InChI=1S/C15H12ClN3S/c1-20-15(18-10-17)19-14-4-2-3-12(9-14)11-5-7-13(16)8-6-11/h2-9H,1H3,(H,18,19). The highest BCUT2D eigenvalue weighted by atomic mass is 35.5. The van der Waals surface area contributed by atoms with Crippen molar-refractivity contribution in [3.63, 3.8) is 0 Å². The van der Waals surface area contributed by atoms with Gasteiger partial charge in [0.25, 0.3) is 0 Å². The minimum absolute atomic E-state index is 0.570. The molecule has 0 unspecified atom stereocenters. The van der Waals surface area contributed by atoms with Crippen LogP contribution in [0.3, 0.4) is 0 Å². The summed E-state index contributed by atoms with van der Waals surface area (Å²) in [6.45, 7) is 0. The third-order valence-corrected chi connectivity index (χ3v) is 3.44. The number of halogens is 1.